The van der Waals surface area contributed by atoms with E-state index < -0.39 is 62.9 Å². The molecule has 13 heteroatoms. The number of nitriles is 5. The summed E-state index contributed by atoms with van der Waals surface area (Å²) in [5.74, 6) is -3.33. The molecular formula is C32H5F3N10. The van der Waals surface area contributed by atoms with Gasteiger partial charge in [0.1, 0.15) is 29.7 Å². The minimum absolute atomic E-state index is 0.186. The van der Waals surface area contributed by atoms with Gasteiger partial charge in [-0.25, -0.2) is 39.4 Å². The van der Waals surface area contributed by atoms with E-state index >= 15 is 4.39 Å². The summed E-state index contributed by atoms with van der Waals surface area (Å²) < 4.78 is 44.9. The highest BCUT2D eigenvalue weighted by atomic mass is 19.1. The molecule has 0 aliphatic heterocycles. The average Bonchev–Trinajstić information content (AvgIpc) is 3.55. The van der Waals surface area contributed by atoms with Crippen molar-refractivity contribution in [3.8, 4) is 30.3 Å². The summed E-state index contributed by atoms with van der Waals surface area (Å²) in [5.41, 5.74) is -6.35. The Morgan fingerprint density at radius 3 is 1.64 bits per heavy atom. The van der Waals surface area contributed by atoms with Crippen molar-refractivity contribution >= 4 is 33.6 Å². The Hall–Kier alpha value is -7.81. The zero-order valence-corrected chi connectivity index (χ0v) is 22.0. The monoisotopic (exact) mass is 586 g/mol. The van der Waals surface area contributed by atoms with E-state index in [1.165, 1.54) is 6.07 Å². The lowest BCUT2D eigenvalue weighted by molar-refractivity contribution is 0.581. The van der Waals surface area contributed by atoms with Gasteiger partial charge in [0.2, 0.25) is 17.6 Å². The molecule has 0 fully saturated rings. The molecule has 3 aromatic rings. The normalized spacial score (nSPS) is 14.7. The van der Waals surface area contributed by atoms with Crippen LogP contribution in [0.4, 0.5) is 13.2 Å². The van der Waals surface area contributed by atoms with Crippen LogP contribution >= 0.6 is 0 Å². The third-order valence-electron chi connectivity index (χ3n) is 6.88. The molecule has 2 aliphatic carbocycles. The van der Waals surface area contributed by atoms with Gasteiger partial charge in [-0.05, 0) is 47.0 Å². The number of halogens is 3. The first-order valence-corrected chi connectivity index (χ1v) is 12.1. The van der Waals surface area contributed by atoms with Crippen molar-refractivity contribution in [1.82, 2.24) is 9.97 Å². The highest BCUT2D eigenvalue weighted by Crippen LogP contribution is 2.56. The fourth-order valence-electron chi connectivity index (χ4n) is 5.24. The Balaban J connectivity index is 2.02. The summed E-state index contributed by atoms with van der Waals surface area (Å²) in [6.45, 7) is 23.1. The van der Waals surface area contributed by atoms with Crippen LogP contribution in [0.2, 0.25) is 0 Å². The smallest absolute Gasteiger partial charge is 0.237 e. The lowest BCUT2D eigenvalue weighted by Gasteiger charge is -2.13. The van der Waals surface area contributed by atoms with Gasteiger partial charge in [0.15, 0.2) is 5.69 Å². The van der Waals surface area contributed by atoms with Gasteiger partial charge >= 0.3 is 0 Å². The molecule has 204 valence electrons. The minimum Gasteiger partial charge on any atom is -0.237 e. The van der Waals surface area contributed by atoms with Crippen molar-refractivity contribution in [2.24, 2.45) is 0 Å². The maximum Gasteiger partial charge on any atom is 0.270 e. The van der Waals surface area contributed by atoms with Gasteiger partial charge in [-0.1, -0.05) is 0 Å². The Labute approximate surface area is 251 Å². The van der Waals surface area contributed by atoms with E-state index in [0.29, 0.717) is 0 Å². The predicted molar refractivity (Wildman–Crippen MR) is 148 cm³/mol. The molecule has 0 amide bonds. The second-order valence-corrected chi connectivity index (χ2v) is 8.91. The number of hydrogen-bond donors (Lipinski definition) is 0. The van der Waals surface area contributed by atoms with Crippen LogP contribution in [0, 0.1) is 94.1 Å². The highest BCUT2D eigenvalue weighted by Gasteiger charge is 2.41. The van der Waals surface area contributed by atoms with Crippen LogP contribution in [0.5, 0.6) is 0 Å². The number of pyridine rings is 2. The summed E-state index contributed by atoms with van der Waals surface area (Å²) in [4.78, 5) is 16.9. The lowest BCUT2D eigenvalue weighted by atomic mass is 9.91. The predicted octanol–water partition coefficient (Wildman–Crippen LogP) is 6.19. The first-order chi connectivity index (χ1) is 21.7. The fourth-order valence-corrected chi connectivity index (χ4v) is 5.24. The number of fused-ring (bicyclic) bond motifs is 2. The molecule has 1 aromatic carbocycles. The van der Waals surface area contributed by atoms with Crippen LogP contribution in [0.1, 0.15) is 44.8 Å². The molecular weight excluding hydrogens is 581 g/mol. The van der Waals surface area contributed by atoms with Crippen LogP contribution in [-0.2, 0) is 0 Å². The number of nitrogens with zero attached hydrogens (tertiary/aromatic N) is 10. The van der Waals surface area contributed by atoms with Gasteiger partial charge in [0.05, 0.1) is 37.4 Å². The van der Waals surface area contributed by atoms with Gasteiger partial charge in [0.25, 0.3) is 11.4 Å². The average molecular weight is 586 g/mol. The first kappa shape index (κ1) is 28.7. The third-order valence-corrected chi connectivity index (χ3v) is 6.88. The Morgan fingerprint density at radius 1 is 0.644 bits per heavy atom. The molecule has 0 saturated heterocycles. The Kier molecular flexibility index (Phi) is 6.94. The number of benzene rings is 1. The van der Waals surface area contributed by atoms with Crippen molar-refractivity contribution in [1.29, 1.82) is 26.3 Å². The van der Waals surface area contributed by atoms with E-state index in [0.717, 1.165) is 24.3 Å². The summed E-state index contributed by atoms with van der Waals surface area (Å²) in [6, 6.07) is 13.6. The molecule has 0 saturated carbocycles. The first-order valence-electron chi connectivity index (χ1n) is 12.1. The van der Waals surface area contributed by atoms with Gasteiger partial charge in [-0.2, -0.15) is 24.6 Å². The van der Waals surface area contributed by atoms with Crippen molar-refractivity contribution in [3.63, 3.8) is 0 Å². The maximum atomic E-state index is 17.0. The molecule has 2 aromatic heterocycles. The minimum atomic E-state index is -1.24. The molecule has 0 spiro atoms. The van der Waals surface area contributed by atoms with Crippen LogP contribution in [0.3, 0.4) is 0 Å². The number of allylic oxidation sites excluding steroid dienone is 7. The van der Waals surface area contributed by atoms with E-state index in [-0.39, 0.29) is 44.5 Å². The molecule has 5 rings (SSSR count). The zero-order valence-electron chi connectivity index (χ0n) is 22.0. The largest absolute Gasteiger partial charge is 0.270 e. The van der Waals surface area contributed by atoms with Crippen molar-refractivity contribution in [2.75, 3.05) is 0 Å². The van der Waals surface area contributed by atoms with Crippen LogP contribution in [-0.4, -0.2) is 9.97 Å². The third kappa shape index (κ3) is 4.05. The van der Waals surface area contributed by atoms with E-state index in [9.17, 15) is 35.1 Å². The summed E-state index contributed by atoms with van der Waals surface area (Å²) in [6.07, 6.45) is 0. The van der Waals surface area contributed by atoms with Crippen molar-refractivity contribution in [3.05, 3.63) is 138 Å². The summed E-state index contributed by atoms with van der Waals surface area (Å²) >= 11 is 0. The number of aromatic nitrogens is 2. The van der Waals surface area contributed by atoms with Crippen LogP contribution < -0.4 is 0 Å². The number of rotatable bonds is 2. The molecule has 0 bridgehead atoms. The Morgan fingerprint density at radius 2 is 1.18 bits per heavy atom. The van der Waals surface area contributed by atoms with Crippen molar-refractivity contribution < 1.29 is 13.2 Å². The standard InChI is InChI=1S/C32H5F3N10/c1-41-21(12-39)26-17-8-16-18(9-36)25(14-4-6-23(33)44-19(14)10-37)30(22(13-40)42-2)27(16)31(35)29(17)32(43-3)28(26)15-5-7-24(34)45-20(15)11-38/h4-8H/b26-21-,30-22-. The molecule has 10 nitrogen and oxygen atoms in total. The van der Waals surface area contributed by atoms with Crippen LogP contribution in [0.25, 0.3) is 48.1 Å². The maximum absolute atomic E-state index is 17.0. The van der Waals surface area contributed by atoms with E-state index in [2.05, 4.69) is 24.5 Å². The van der Waals surface area contributed by atoms with E-state index in [4.69, 9.17) is 19.7 Å². The molecule has 0 unspecified atom stereocenters. The summed E-state index contributed by atoms with van der Waals surface area (Å²) in [7, 11) is 0. The molecule has 0 atom stereocenters. The summed E-state index contributed by atoms with van der Waals surface area (Å²) in [5, 5.41) is 49.3. The second-order valence-electron chi connectivity index (χ2n) is 8.91. The molecule has 0 radical (unpaired) electrons. The molecule has 45 heavy (non-hydrogen) atoms. The lowest BCUT2D eigenvalue weighted by Crippen LogP contribution is -2.01. The molecule has 2 heterocycles. The second kappa shape index (κ2) is 10.9. The van der Waals surface area contributed by atoms with Crippen molar-refractivity contribution in [2.45, 2.75) is 0 Å². The highest BCUT2D eigenvalue weighted by molar-refractivity contribution is 6.29. The van der Waals surface area contributed by atoms with E-state index in [1.54, 1.807) is 24.3 Å². The fraction of sp³-hybridized carbons (Fsp3) is 0. The number of hydrogen-bond acceptors (Lipinski definition) is 7. The molecule has 2 aliphatic rings. The quantitative estimate of drug-likeness (QED) is 0.197. The van der Waals surface area contributed by atoms with Gasteiger partial charge < -0.3 is 0 Å². The topological polar surface area (TPSA) is 158 Å². The Bertz CT molecular complexity index is 2410. The van der Waals surface area contributed by atoms with Crippen LogP contribution in [0.15, 0.2) is 41.7 Å². The molecule has 0 N–H and O–H groups in total. The van der Waals surface area contributed by atoms with Gasteiger partial charge in [-0.15, -0.1) is 0 Å². The van der Waals surface area contributed by atoms with Gasteiger partial charge in [0, 0.05) is 39.0 Å². The zero-order chi connectivity index (χ0) is 32.6. The van der Waals surface area contributed by atoms with E-state index in [1.807, 2.05) is 6.07 Å². The SMILES string of the molecule is [C-]#[N+]C1=C(c2ccc(F)nc2C#N)/C(=C(/C#N)[N+]#[C-])c2cc3c(c(F)c21)/C(=C(/C#N)[N+]#[C-])C(c1ccc(F)nc1C#N)=C3C#N. The van der Waals surface area contributed by atoms with Gasteiger partial charge in [-0.3, -0.25) is 0 Å².